The highest BCUT2D eigenvalue weighted by molar-refractivity contribution is 5.71. The molecule has 2 aliphatic rings. The molecule has 150 valence electrons. The summed E-state index contributed by atoms with van der Waals surface area (Å²) in [6.45, 7) is 12.2. The van der Waals surface area contributed by atoms with Crippen molar-refractivity contribution < 1.29 is 19.1 Å². The van der Waals surface area contributed by atoms with E-state index in [1.165, 1.54) is 0 Å². The number of piperidine rings is 2. The Morgan fingerprint density at radius 2 is 1.65 bits per heavy atom. The van der Waals surface area contributed by atoms with Crippen molar-refractivity contribution in [3.8, 4) is 0 Å². The van der Waals surface area contributed by atoms with Gasteiger partial charge in [-0.25, -0.2) is 4.79 Å². The molecule has 2 aliphatic heterocycles. The summed E-state index contributed by atoms with van der Waals surface area (Å²) in [7, 11) is 0. The van der Waals surface area contributed by atoms with Crippen LogP contribution in [0.15, 0.2) is 0 Å². The van der Waals surface area contributed by atoms with Crippen LogP contribution < -0.4 is 5.32 Å². The van der Waals surface area contributed by atoms with Crippen molar-refractivity contribution in [2.24, 2.45) is 0 Å². The van der Waals surface area contributed by atoms with Gasteiger partial charge in [0, 0.05) is 38.3 Å². The average molecular weight is 370 g/mol. The molecule has 2 rings (SSSR count). The van der Waals surface area contributed by atoms with E-state index in [1.807, 2.05) is 27.7 Å². The van der Waals surface area contributed by atoms with Crippen LogP contribution in [-0.4, -0.2) is 78.9 Å². The fraction of sp³-hybridized carbons (Fsp3) is 0.895. The zero-order valence-electron chi connectivity index (χ0n) is 16.8. The van der Waals surface area contributed by atoms with Gasteiger partial charge in [0.15, 0.2) is 0 Å². The van der Waals surface area contributed by atoms with Gasteiger partial charge in [0.2, 0.25) is 0 Å². The quantitative estimate of drug-likeness (QED) is 0.748. The second-order valence-electron chi connectivity index (χ2n) is 8.27. The summed E-state index contributed by atoms with van der Waals surface area (Å²) in [6, 6.07) is 0.779. The minimum atomic E-state index is -0.456. The number of esters is 1. The van der Waals surface area contributed by atoms with Crippen molar-refractivity contribution >= 4 is 12.1 Å². The number of amides is 1. The van der Waals surface area contributed by atoms with Gasteiger partial charge >= 0.3 is 12.1 Å². The second kappa shape index (κ2) is 9.55. The number of alkyl carbamates (subject to hydrolysis) is 1. The summed E-state index contributed by atoms with van der Waals surface area (Å²) in [6.07, 6.45) is 3.78. The van der Waals surface area contributed by atoms with Crippen molar-refractivity contribution in [1.29, 1.82) is 0 Å². The maximum absolute atomic E-state index is 11.9. The van der Waals surface area contributed by atoms with E-state index in [-0.39, 0.29) is 18.1 Å². The summed E-state index contributed by atoms with van der Waals surface area (Å²) in [5, 5.41) is 2.99. The molecule has 2 fully saturated rings. The molecule has 2 heterocycles. The lowest BCUT2D eigenvalue weighted by molar-refractivity contribution is -0.144. The summed E-state index contributed by atoms with van der Waals surface area (Å²) in [5.74, 6) is -0.125. The van der Waals surface area contributed by atoms with Gasteiger partial charge in [-0.3, -0.25) is 9.69 Å². The van der Waals surface area contributed by atoms with E-state index in [4.69, 9.17) is 9.47 Å². The molecule has 26 heavy (non-hydrogen) atoms. The monoisotopic (exact) mass is 369 g/mol. The van der Waals surface area contributed by atoms with Crippen molar-refractivity contribution in [2.45, 2.75) is 71.1 Å². The predicted octanol–water partition coefficient (Wildman–Crippen LogP) is 2.00. The van der Waals surface area contributed by atoms with Crippen molar-refractivity contribution in [2.75, 3.05) is 39.3 Å². The largest absolute Gasteiger partial charge is 0.465 e. The van der Waals surface area contributed by atoms with Crippen LogP contribution in [-0.2, 0) is 14.3 Å². The molecule has 2 saturated heterocycles. The lowest BCUT2D eigenvalue weighted by Crippen LogP contribution is -2.52. The lowest BCUT2D eigenvalue weighted by atomic mass is 9.98. The van der Waals surface area contributed by atoms with E-state index in [9.17, 15) is 9.59 Å². The molecule has 0 unspecified atom stereocenters. The average Bonchev–Trinajstić information content (AvgIpc) is 2.55. The van der Waals surface area contributed by atoms with E-state index < -0.39 is 5.60 Å². The molecule has 0 spiro atoms. The Balaban J connectivity index is 1.66. The second-order valence-corrected chi connectivity index (χ2v) is 8.27. The number of ether oxygens (including phenoxy) is 2. The van der Waals surface area contributed by atoms with Crippen LogP contribution in [0.3, 0.4) is 0 Å². The fourth-order valence-corrected chi connectivity index (χ4v) is 3.71. The molecule has 7 nitrogen and oxygen atoms in total. The van der Waals surface area contributed by atoms with Gasteiger partial charge in [0.05, 0.1) is 13.2 Å². The third-order valence-corrected chi connectivity index (χ3v) is 4.98. The molecule has 0 atom stereocenters. The molecule has 1 amide bonds. The van der Waals surface area contributed by atoms with Gasteiger partial charge in [-0.1, -0.05) is 0 Å². The van der Waals surface area contributed by atoms with Crippen molar-refractivity contribution in [3.63, 3.8) is 0 Å². The lowest BCUT2D eigenvalue weighted by Gasteiger charge is -2.41. The van der Waals surface area contributed by atoms with Gasteiger partial charge in [-0.2, -0.15) is 0 Å². The maximum Gasteiger partial charge on any atom is 0.407 e. The first kappa shape index (κ1) is 21.0. The highest BCUT2D eigenvalue weighted by atomic mass is 16.6. The van der Waals surface area contributed by atoms with E-state index in [0.717, 1.165) is 51.9 Å². The SMILES string of the molecule is CCOC(=O)CN1CCC(N2CCC(NC(=O)OC(C)(C)C)CC2)CC1. The molecule has 0 aromatic carbocycles. The van der Waals surface area contributed by atoms with E-state index >= 15 is 0 Å². The summed E-state index contributed by atoms with van der Waals surface area (Å²) in [4.78, 5) is 28.2. The number of nitrogens with one attached hydrogen (secondary N) is 1. The number of likely N-dealkylation sites (tertiary alicyclic amines) is 2. The van der Waals surface area contributed by atoms with Crippen LogP contribution in [0.2, 0.25) is 0 Å². The standard InChI is InChI=1S/C19H35N3O4/c1-5-25-17(23)14-21-10-8-16(9-11-21)22-12-6-15(7-13-22)20-18(24)26-19(2,3)4/h15-16H,5-14H2,1-4H3,(H,20,24). The molecule has 0 radical (unpaired) electrons. The molecule has 0 aliphatic carbocycles. The Morgan fingerprint density at radius 3 is 2.19 bits per heavy atom. The first-order valence-corrected chi connectivity index (χ1v) is 9.88. The number of carbonyl (C=O) groups excluding carboxylic acids is 2. The first-order chi connectivity index (χ1) is 12.3. The number of hydrogen-bond acceptors (Lipinski definition) is 6. The molecule has 0 bridgehead atoms. The Kier molecular flexibility index (Phi) is 7.70. The predicted molar refractivity (Wildman–Crippen MR) is 100 cm³/mol. The van der Waals surface area contributed by atoms with Crippen LogP contribution in [0.1, 0.15) is 53.4 Å². The van der Waals surface area contributed by atoms with Gasteiger partial charge in [-0.05, 0) is 53.4 Å². The van der Waals surface area contributed by atoms with Gasteiger partial charge in [0.25, 0.3) is 0 Å². The molecule has 7 heteroatoms. The number of rotatable bonds is 5. The third kappa shape index (κ3) is 7.11. The highest BCUT2D eigenvalue weighted by Gasteiger charge is 2.30. The highest BCUT2D eigenvalue weighted by Crippen LogP contribution is 2.21. The fourth-order valence-electron chi connectivity index (χ4n) is 3.71. The van der Waals surface area contributed by atoms with Crippen molar-refractivity contribution in [3.05, 3.63) is 0 Å². The summed E-state index contributed by atoms with van der Waals surface area (Å²) < 4.78 is 10.4. The summed E-state index contributed by atoms with van der Waals surface area (Å²) in [5.41, 5.74) is -0.456. The zero-order chi connectivity index (χ0) is 19.2. The third-order valence-electron chi connectivity index (χ3n) is 4.98. The number of hydrogen-bond donors (Lipinski definition) is 1. The van der Waals surface area contributed by atoms with E-state index in [1.54, 1.807) is 0 Å². The minimum absolute atomic E-state index is 0.125. The van der Waals surface area contributed by atoms with Crippen LogP contribution in [0.4, 0.5) is 4.79 Å². The normalized spacial score (nSPS) is 21.4. The number of carbonyl (C=O) groups is 2. The Bertz CT molecular complexity index is 462. The van der Waals surface area contributed by atoms with Crippen LogP contribution in [0.5, 0.6) is 0 Å². The Hall–Kier alpha value is -1.34. The van der Waals surface area contributed by atoms with E-state index in [2.05, 4.69) is 15.1 Å². The number of nitrogens with zero attached hydrogens (tertiary/aromatic N) is 2. The Labute approximate surface area is 157 Å². The van der Waals surface area contributed by atoms with Gasteiger partial charge < -0.3 is 19.7 Å². The summed E-state index contributed by atoms with van der Waals surface area (Å²) >= 11 is 0. The molecular weight excluding hydrogens is 334 g/mol. The van der Waals surface area contributed by atoms with Crippen molar-refractivity contribution in [1.82, 2.24) is 15.1 Å². The minimum Gasteiger partial charge on any atom is -0.465 e. The van der Waals surface area contributed by atoms with E-state index in [0.29, 0.717) is 19.2 Å². The smallest absolute Gasteiger partial charge is 0.407 e. The maximum atomic E-state index is 11.9. The molecule has 0 saturated carbocycles. The van der Waals surface area contributed by atoms with Crippen LogP contribution in [0.25, 0.3) is 0 Å². The molecule has 0 aromatic heterocycles. The van der Waals surface area contributed by atoms with Gasteiger partial charge in [-0.15, -0.1) is 0 Å². The van der Waals surface area contributed by atoms with Crippen LogP contribution in [0, 0.1) is 0 Å². The van der Waals surface area contributed by atoms with Gasteiger partial charge in [0.1, 0.15) is 5.60 Å². The first-order valence-electron chi connectivity index (χ1n) is 9.88. The Morgan fingerprint density at radius 1 is 1.04 bits per heavy atom. The molecule has 1 N–H and O–H groups in total. The molecule has 0 aromatic rings. The topological polar surface area (TPSA) is 71.1 Å². The zero-order valence-corrected chi connectivity index (χ0v) is 16.8. The van der Waals surface area contributed by atoms with Crippen LogP contribution >= 0.6 is 0 Å². The molecular formula is C19H35N3O4.